The summed E-state index contributed by atoms with van der Waals surface area (Å²) in [5.41, 5.74) is 5.52. The van der Waals surface area contributed by atoms with Gasteiger partial charge in [0.05, 0.1) is 16.8 Å². The van der Waals surface area contributed by atoms with Gasteiger partial charge in [0.25, 0.3) is 0 Å². The molecule has 0 unspecified atom stereocenters. The molecule has 0 amide bonds. The monoisotopic (exact) mass is 362 g/mol. The lowest BCUT2D eigenvalue weighted by molar-refractivity contribution is 0.0982. The lowest BCUT2D eigenvalue weighted by atomic mass is 9.99. The summed E-state index contributed by atoms with van der Waals surface area (Å²) in [7, 11) is 0. The van der Waals surface area contributed by atoms with Gasteiger partial charge in [-0.05, 0) is 43.4 Å². The summed E-state index contributed by atoms with van der Waals surface area (Å²) in [6.07, 6.45) is 4.45. The largest absolute Gasteiger partial charge is 0.396 e. The van der Waals surface area contributed by atoms with E-state index < -0.39 is 0 Å². The number of benzene rings is 2. The number of aliphatic hydroxyl groups excluding tert-OH is 1. The predicted octanol–water partition coefficient (Wildman–Crippen LogP) is 5.19. The van der Waals surface area contributed by atoms with Crippen molar-refractivity contribution in [3.63, 3.8) is 0 Å². The molecule has 27 heavy (non-hydrogen) atoms. The van der Waals surface area contributed by atoms with Crippen LogP contribution in [0.5, 0.6) is 0 Å². The summed E-state index contributed by atoms with van der Waals surface area (Å²) in [6, 6.07) is 14.1. The Hall–Kier alpha value is -2.72. The Bertz CT molecular complexity index is 950. The molecule has 0 spiro atoms. The number of rotatable bonds is 8. The fraction of sp³-hybridized carbons (Fsp3) is 0.304. The summed E-state index contributed by atoms with van der Waals surface area (Å²) in [5, 5.41) is 13.6. The normalized spacial score (nSPS) is 10.9. The Morgan fingerprint density at radius 3 is 2.70 bits per heavy atom. The Labute approximate surface area is 160 Å². The molecule has 0 saturated heterocycles. The summed E-state index contributed by atoms with van der Waals surface area (Å²) in [6.45, 7) is 4.21. The fourth-order valence-corrected chi connectivity index (χ4v) is 3.31. The first-order chi connectivity index (χ1) is 13.2. The maximum atomic E-state index is 12.7. The van der Waals surface area contributed by atoms with Crippen molar-refractivity contribution in [3.8, 4) is 0 Å². The van der Waals surface area contributed by atoms with Crippen molar-refractivity contribution in [3.05, 3.63) is 65.4 Å². The van der Waals surface area contributed by atoms with Crippen molar-refractivity contribution in [1.29, 1.82) is 0 Å². The van der Waals surface area contributed by atoms with Crippen LogP contribution in [0, 0.1) is 6.92 Å². The molecule has 2 N–H and O–H groups in total. The van der Waals surface area contributed by atoms with Gasteiger partial charge in [0.2, 0.25) is 0 Å². The minimum Gasteiger partial charge on any atom is -0.396 e. The second-order valence-electron chi connectivity index (χ2n) is 6.80. The molecule has 0 bridgehead atoms. The van der Waals surface area contributed by atoms with Crippen molar-refractivity contribution in [2.45, 2.75) is 39.5 Å². The highest BCUT2D eigenvalue weighted by molar-refractivity contribution is 6.09. The number of anilines is 2. The third-order valence-electron chi connectivity index (χ3n) is 4.77. The summed E-state index contributed by atoms with van der Waals surface area (Å²) < 4.78 is 0. The van der Waals surface area contributed by atoms with E-state index in [0.717, 1.165) is 46.2 Å². The van der Waals surface area contributed by atoms with E-state index in [9.17, 15) is 9.90 Å². The van der Waals surface area contributed by atoms with E-state index in [1.165, 1.54) is 0 Å². The van der Waals surface area contributed by atoms with Crippen LogP contribution in [0.15, 0.2) is 48.7 Å². The van der Waals surface area contributed by atoms with Crippen LogP contribution in [0.3, 0.4) is 0 Å². The molecular formula is C23H26N2O2. The van der Waals surface area contributed by atoms with Gasteiger partial charge in [-0.25, -0.2) is 0 Å². The number of hydrogen-bond acceptors (Lipinski definition) is 4. The zero-order valence-corrected chi connectivity index (χ0v) is 16.0. The molecule has 4 nitrogen and oxygen atoms in total. The number of hydrogen-bond donors (Lipinski definition) is 2. The molecule has 0 saturated carbocycles. The van der Waals surface area contributed by atoms with Crippen LogP contribution in [-0.2, 0) is 6.42 Å². The molecule has 1 heterocycles. The third-order valence-corrected chi connectivity index (χ3v) is 4.77. The number of carbonyl (C=O) groups excluding carboxylic acids is 1. The molecule has 0 radical (unpaired) electrons. The van der Waals surface area contributed by atoms with E-state index in [1.54, 1.807) is 6.20 Å². The maximum Gasteiger partial charge on any atom is 0.166 e. The van der Waals surface area contributed by atoms with Crippen molar-refractivity contribution in [2.24, 2.45) is 0 Å². The first-order valence-corrected chi connectivity index (χ1v) is 9.53. The Balaban J connectivity index is 2.17. The quantitative estimate of drug-likeness (QED) is 0.541. The van der Waals surface area contributed by atoms with Gasteiger partial charge in [0.1, 0.15) is 0 Å². The number of aryl methyl sites for hydroxylation is 2. The maximum absolute atomic E-state index is 12.7. The average molecular weight is 362 g/mol. The van der Waals surface area contributed by atoms with Gasteiger partial charge in [-0.15, -0.1) is 0 Å². The summed E-state index contributed by atoms with van der Waals surface area (Å²) in [4.78, 5) is 17.3. The molecule has 0 fully saturated rings. The van der Waals surface area contributed by atoms with Gasteiger partial charge in [0.15, 0.2) is 5.78 Å². The second-order valence-corrected chi connectivity index (χ2v) is 6.80. The van der Waals surface area contributed by atoms with Gasteiger partial charge in [-0.2, -0.15) is 0 Å². The number of fused-ring (bicyclic) bond motifs is 1. The number of carbonyl (C=O) groups is 1. The van der Waals surface area contributed by atoms with E-state index in [4.69, 9.17) is 0 Å². The topological polar surface area (TPSA) is 62.2 Å². The number of aromatic nitrogens is 1. The number of nitrogens with zero attached hydrogens (tertiary/aromatic N) is 1. The van der Waals surface area contributed by atoms with Gasteiger partial charge >= 0.3 is 0 Å². The fourth-order valence-electron chi connectivity index (χ4n) is 3.31. The van der Waals surface area contributed by atoms with E-state index in [1.807, 2.05) is 56.3 Å². The number of ketones is 1. The Morgan fingerprint density at radius 1 is 1.15 bits per heavy atom. The minimum atomic E-state index is 0.101. The van der Waals surface area contributed by atoms with Gasteiger partial charge in [0, 0.05) is 30.3 Å². The van der Waals surface area contributed by atoms with Crippen molar-refractivity contribution < 1.29 is 9.90 Å². The van der Waals surface area contributed by atoms with Crippen LogP contribution in [-0.4, -0.2) is 22.5 Å². The molecule has 1 aromatic heterocycles. The van der Waals surface area contributed by atoms with E-state index >= 15 is 0 Å². The zero-order valence-electron chi connectivity index (χ0n) is 16.0. The van der Waals surface area contributed by atoms with Gasteiger partial charge in [-0.3, -0.25) is 9.78 Å². The molecule has 0 aliphatic carbocycles. The number of Topliss-reactive ketones (excluding diaryl/α,β-unsaturated/α-hetero) is 1. The summed E-state index contributed by atoms with van der Waals surface area (Å²) >= 11 is 0. The van der Waals surface area contributed by atoms with Crippen molar-refractivity contribution >= 4 is 28.1 Å². The number of aliphatic hydroxyl groups is 1. The number of para-hydroxylation sites is 2. The van der Waals surface area contributed by atoms with Crippen LogP contribution in [0.4, 0.5) is 11.4 Å². The lowest BCUT2D eigenvalue weighted by Crippen LogP contribution is -2.07. The van der Waals surface area contributed by atoms with E-state index in [0.29, 0.717) is 18.4 Å². The second kappa shape index (κ2) is 8.78. The van der Waals surface area contributed by atoms with E-state index in [-0.39, 0.29) is 12.4 Å². The Morgan fingerprint density at radius 2 is 1.96 bits per heavy atom. The van der Waals surface area contributed by atoms with Crippen LogP contribution in [0.25, 0.3) is 10.9 Å². The highest BCUT2D eigenvalue weighted by atomic mass is 16.2. The molecule has 0 aliphatic rings. The molecule has 3 rings (SSSR count). The van der Waals surface area contributed by atoms with Crippen LogP contribution < -0.4 is 5.32 Å². The lowest BCUT2D eigenvalue weighted by Gasteiger charge is -2.17. The van der Waals surface area contributed by atoms with Crippen LogP contribution in [0.1, 0.15) is 47.7 Å². The molecule has 2 aromatic carbocycles. The van der Waals surface area contributed by atoms with Crippen LogP contribution in [0.2, 0.25) is 0 Å². The standard InChI is InChI=1S/C23H26N2O2/c1-3-8-21(27)19-15-24-22-17(11-7-14-26)10-6-12-18(22)23(19)25-20-13-5-4-9-16(20)2/h4-6,9-10,12-13,15,26H,3,7-8,11,14H2,1-2H3,(H,24,25). The predicted molar refractivity (Wildman–Crippen MR) is 111 cm³/mol. The number of pyridine rings is 1. The Kier molecular flexibility index (Phi) is 6.20. The van der Waals surface area contributed by atoms with E-state index in [2.05, 4.69) is 10.3 Å². The van der Waals surface area contributed by atoms with Crippen molar-refractivity contribution in [1.82, 2.24) is 4.98 Å². The third kappa shape index (κ3) is 4.17. The summed E-state index contributed by atoms with van der Waals surface area (Å²) in [5.74, 6) is 0.101. The first-order valence-electron chi connectivity index (χ1n) is 9.53. The molecule has 4 heteroatoms. The van der Waals surface area contributed by atoms with Crippen LogP contribution >= 0.6 is 0 Å². The molecular weight excluding hydrogens is 336 g/mol. The highest BCUT2D eigenvalue weighted by Crippen LogP contribution is 2.33. The smallest absolute Gasteiger partial charge is 0.166 e. The van der Waals surface area contributed by atoms with Gasteiger partial charge < -0.3 is 10.4 Å². The SMILES string of the molecule is CCCC(=O)c1cnc2c(CCCO)cccc2c1Nc1ccccc1C. The van der Waals surface area contributed by atoms with Gasteiger partial charge in [-0.1, -0.05) is 43.3 Å². The van der Waals surface area contributed by atoms with Crippen molar-refractivity contribution in [2.75, 3.05) is 11.9 Å². The molecule has 0 atom stereocenters. The molecule has 140 valence electrons. The minimum absolute atomic E-state index is 0.101. The highest BCUT2D eigenvalue weighted by Gasteiger charge is 2.17. The number of nitrogens with one attached hydrogen (secondary N) is 1. The zero-order chi connectivity index (χ0) is 19.2. The average Bonchev–Trinajstić information content (AvgIpc) is 2.68. The first kappa shape index (κ1) is 19.1. The molecule has 3 aromatic rings. The molecule has 0 aliphatic heterocycles.